The molecule has 0 aromatic carbocycles. The molecule has 2 aliphatic rings. The number of rotatable bonds is 3. The third-order valence-corrected chi connectivity index (χ3v) is 4.94. The van der Waals surface area contributed by atoms with Gasteiger partial charge in [-0.3, -0.25) is 4.90 Å². The molecule has 0 amide bonds. The van der Waals surface area contributed by atoms with Crippen LogP contribution in [0.3, 0.4) is 0 Å². The second kappa shape index (κ2) is 4.87. The van der Waals surface area contributed by atoms with Crippen LogP contribution < -0.4 is 5.73 Å². The monoisotopic (exact) mass is 240 g/mol. The first-order chi connectivity index (χ1) is 8.03. The molecule has 3 heteroatoms. The second-order valence-corrected chi connectivity index (χ2v) is 6.35. The first-order valence-electron chi connectivity index (χ1n) is 7.13. The van der Waals surface area contributed by atoms with Crippen molar-refractivity contribution >= 4 is 0 Å². The highest BCUT2D eigenvalue weighted by molar-refractivity contribution is 5.02. The highest BCUT2D eigenvalue weighted by Gasteiger charge is 2.46. The minimum atomic E-state index is 0.0312. The summed E-state index contributed by atoms with van der Waals surface area (Å²) in [6.45, 7) is 10.9. The molecule has 0 spiro atoms. The lowest BCUT2D eigenvalue weighted by molar-refractivity contribution is -0.125. The van der Waals surface area contributed by atoms with Gasteiger partial charge < -0.3 is 10.5 Å². The Morgan fingerprint density at radius 1 is 1.47 bits per heavy atom. The maximum Gasteiger partial charge on any atom is 0.0670 e. The molecule has 2 aliphatic heterocycles. The molecular formula is C14H28N2O. The van der Waals surface area contributed by atoms with Crippen molar-refractivity contribution in [3.8, 4) is 0 Å². The van der Waals surface area contributed by atoms with E-state index in [-0.39, 0.29) is 11.1 Å². The second-order valence-electron chi connectivity index (χ2n) is 6.35. The van der Waals surface area contributed by atoms with Crippen LogP contribution in [-0.2, 0) is 4.74 Å². The molecule has 0 radical (unpaired) electrons. The van der Waals surface area contributed by atoms with Crippen molar-refractivity contribution in [3.63, 3.8) is 0 Å². The van der Waals surface area contributed by atoms with Gasteiger partial charge in [-0.25, -0.2) is 0 Å². The van der Waals surface area contributed by atoms with E-state index in [1.54, 1.807) is 0 Å². The first kappa shape index (κ1) is 13.3. The molecule has 2 rings (SSSR count). The van der Waals surface area contributed by atoms with E-state index in [2.05, 4.69) is 25.7 Å². The van der Waals surface area contributed by atoms with Crippen LogP contribution in [0.4, 0.5) is 0 Å². The van der Waals surface area contributed by atoms with E-state index in [9.17, 15) is 0 Å². The number of hydrogen-bond acceptors (Lipinski definition) is 3. The molecule has 17 heavy (non-hydrogen) atoms. The highest BCUT2D eigenvalue weighted by atomic mass is 16.5. The predicted molar refractivity (Wildman–Crippen MR) is 71.0 cm³/mol. The van der Waals surface area contributed by atoms with Crippen LogP contribution in [0.25, 0.3) is 0 Å². The van der Waals surface area contributed by atoms with Crippen molar-refractivity contribution in [2.45, 2.75) is 57.6 Å². The summed E-state index contributed by atoms with van der Waals surface area (Å²) in [7, 11) is 0. The molecule has 0 bridgehead atoms. The normalized spacial score (nSPS) is 44.1. The average Bonchev–Trinajstić information content (AvgIpc) is 2.76. The fourth-order valence-electron chi connectivity index (χ4n) is 3.49. The van der Waals surface area contributed by atoms with Crippen molar-refractivity contribution < 1.29 is 4.74 Å². The van der Waals surface area contributed by atoms with Crippen molar-refractivity contribution in [1.82, 2.24) is 4.90 Å². The van der Waals surface area contributed by atoms with Gasteiger partial charge >= 0.3 is 0 Å². The number of ether oxygens (including phenoxy) is 1. The van der Waals surface area contributed by atoms with Gasteiger partial charge in [0.1, 0.15) is 0 Å². The molecule has 2 N–H and O–H groups in total. The zero-order valence-electron chi connectivity index (χ0n) is 11.7. The zero-order chi connectivity index (χ0) is 12.5. The van der Waals surface area contributed by atoms with E-state index in [1.807, 2.05) is 0 Å². The van der Waals surface area contributed by atoms with Crippen LogP contribution in [0.2, 0.25) is 0 Å². The van der Waals surface area contributed by atoms with Gasteiger partial charge in [-0.05, 0) is 45.1 Å². The molecule has 0 aromatic heterocycles. The Labute approximate surface area is 106 Å². The molecule has 3 unspecified atom stereocenters. The number of nitrogens with two attached hydrogens (primary N) is 1. The molecule has 2 heterocycles. The number of hydrogen-bond donors (Lipinski definition) is 1. The Hall–Kier alpha value is -0.120. The van der Waals surface area contributed by atoms with Crippen LogP contribution in [0.15, 0.2) is 0 Å². The predicted octanol–water partition coefficient (Wildman–Crippen LogP) is 2.00. The SMILES string of the molecule is CCC1(C)CC(CN)(N2CCC(C)C2)CCO1. The lowest BCUT2D eigenvalue weighted by atomic mass is 9.78. The van der Waals surface area contributed by atoms with E-state index < -0.39 is 0 Å². The Morgan fingerprint density at radius 3 is 2.76 bits per heavy atom. The molecule has 0 saturated carbocycles. The molecule has 3 atom stereocenters. The largest absolute Gasteiger partial charge is 0.375 e. The van der Waals surface area contributed by atoms with Gasteiger partial charge in [0.05, 0.1) is 5.60 Å². The van der Waals surface area contributed by atoms with Gasteiger partial charge in [-0.1, -0.05) is 13.8 Å². The molecule has 100 valence electrons. The number of nitrogens with zero attached hydrogens (tertiary/aromatic N) is 1. The molecular weight excluding hydrogens is 212 g/mol. The standard InChI is InChI=1S/C14H28N2O/c1-4-13(3)10-14(11-15,6-8-17-13)16-7-5-12(2)9-16/h12H,4-11,15H2,1-3H3. The van der Waals surface area contributed by atoms with Gasteiger partial charge in [0.2, 0.25) is 0 Å². The van der Waals surface area contributed by atoms with Gasteiger partial charge in [-0.2, -0.15) is 0 Å². The number of likely N-dealkylation sites (tertiary alicyclic amines) is 1. The van der Waals surface area contributed by atoms with Gasteiger partial charge in [0, 0.05) is 25.2 Å². The minimum Gasteiger partial charge on any atom is -0.375 e. The maximum atomic E-state index is 6.14. The van der Waals surface area contributed by atoms with Crippen molar-refractivity contribution in [1.29, 1.82) is 0 Å². The summed E-state index contributed by atoms with van der Waals surface area (Å²) in [5.74, 6) is 0.828. The quantitative estimate of drug-likeness (QED) is 0.820. The summed E-state index contributed by atoms with van der Waals surface area (Å²) < 4.78 is 5.98. The van der Waals surface area contributed by atoms with E-state index >= 15 is 0 Å². The molecule has 2 saturated heterocycles. The average molecular weight is 240 g/mol. The van der Waals surface area contributed by atoms with Crippen LogP contribution in [-0.4, -0.2) is 42.3 Å². The topological polar surface area (TPSA) is 38.5 Å². The van der Waals surface area contributed by atoms with E-state index in [0.717, 1.165) is 38.3 Å². The Kier molecular flexibility index (Phi) is 3.81. The summed E-state index contributed by atoms with van der Waals surface area (Å²) in [5, 5.41) is 0. The van der Waals surface area contributed by atoms with E-state index in [0.29, 0.717) is 0 Å². The molecule has 3 nitrogen and oxygen atoms in total. The molecule has 2 fully saturated rings. The summed E-state index contributed by atoms with van der Waals surface area (Å²) in [5.41, 5.74) is 6.38. The fraction of sp³-hybridized carbons (Fsp3) is 1.00. The summed E-state index contributed by atoms with van der Waals surface area (Å²) in [6, 6.07) is 0. The summed E-state index contributed by atoms with van der Waals surface area (Å²) in [6.07, 6.45) is 4.61. The third-order valence-electron chi connectivity index (χ3n) is 4.94. The first-order valence-corrected chi connectivity index (χ1v) is 7.13. The Morgan fingerprint density at radius 2 is 2.24 bits per heavy atom. The van der Waals surface area contributed by atoms with Gasteiger partial charge in [0.15, 0.2) is 0 Å². The van der Waals surface area contributed by atoms with Crippen molar-refractivity contribution in [2.75, 3.05) is 26.2 Å². The van der Waals surface area contributed by atoms with Crippen LogP contribution in [0.1, 0.15) is 46.5 Å². The lowest BCUT2D eigenvalue weighted by Gasteiger charge is -2.50. The van der Waals surface area contributed by atoms with Crippen molar-refractivity contribution in [3.05, 3.63) is 0 Å². The summed E-state index contributed by atoms with van der Waals surface area (Å²) in [4.78, 5) is 2.65. The zero-order valence-corrected chi connectivity index (χ0v) is 11.7. The summed E-state index contributed by atoms with van der Waals surface area (Å²) >= 11 is 0. The lowest BCUT2D eigenvalue weighted by Crippen LogP contribution is -2.60. The Balaban J connectivity index is 2.13. The van der Waals surface area contributed by atoms with Crippen LogP contribution in [0, 0.1) is 5.92 Å². The maximum absolute atomic E-state index is 6.14. The molecule has 0 aromatic rings. The Bertz CT molecular complexity index is 271. The van der Waals surface area contributed by atoms with Crippen molar-refractivity contribution in [2.24, 2.45) is 11.7 Å². The fourth-order valence-corrected chi connectivity index (χ4v) is 3.49. The highest BCUT2D eigenvalue weighted by Crippen LogP contribution is 2.39. The minimum absolute atomic E-state index is 0.0312. The van der Waals surface area contributed by atoms with Crippen LogP contribution in [0.5, 0.6) is 0 Å². The van der Waals surface area contributed by atoms with Crippen LogP contribution >= 0.6 is 0 Å². The smallest absolute Gasteiger partial charge is 0.0670 e. The van der Waals surface area contributed by atoms with E-state index in [1.165, 1.54) is 19.5 Å². The molecule has 0 aliphatic carbocycles. The van der Waals surface area contributed by atoms with E-state index in [4.69, 9.17) is 10.5 Å². The van der Waals surface area contributed by atoms with Gasteiger partial charge in [0.25, 0.3) is 0 Å². The van der Waals surface area contributed by atoms with Gasteiger partial charge in [-0.15, -0.1) is 0 Å². The third kappa shape index (κ3) is 2.51.